The van der Waals surface area contributed by atoms with Crippen LogP contribution in [0.1, 0.15) is 63.4 Å². The van der Waals surface area contributed by atoms with Gasteiger partial charge in [0.05, 0.1) is 5.75 Å². The van der Waals surface area contributed by atoms with Gasteiger partial charge >= 0.3 is 5.22 Å². The average molecular weight is 406 g/mol. The van der Waals surface area contributed by atoms with Gasteiger partial charge in [-0.2, -0.15) is 0 Å². The van der Waals surface area contributed by atoms with Crippen LogP contribution >= 0.6 is 0 Å². The van der Waals surface area contributed by atoms with E-state index in [0.29, 0.717) is 5.56 Å². The van der Waals surface area contributed by atoms with E-state index >= 15 is 0 Å². The quantitative estimate of drug-likeness (QED) is 0.757. The summed E-state index contributed by atoms with van der Waals surface area (Å²) in [4.78, 5) is 12.6. The second-order valence-electron chi connectivity index (χ2n) is 7.72. The van der Waals surface area contributed by atoms with Crippen molar-refractivity contribution in [3.8, 4) is 0 Å². The van der Waals surface area contributed by atoms with Gasteiger partial charge < -0.3 is 9.73 Å². The van der Waals surface area contributed by atoms with Crippen LogP contribution in [0.5, 0.6) is 0 Å². The summed E-state index contributed by atoms with van der Waals surface area (Å²) < 4.78 is 30.7. The second kappa shape index (κ2) is 8.86. The molecule has 0 saturated heterocycles. The lowest BCUT2D eigenvalue weighted by molar-refractivity contribution is -0.127. The molecule has 0 bridgehead atoms. The number of hydrogen-bond acceptors (Lipinski definition) is 6. The minimum Gasteiger partial charge on any atom is -0.410 e. The highest BCUT2D eigenvalue weighted by molar-refractivity contribution is 7.90. The highest BCUT2D eigenvalue weighted by atomic mass is 32.2. The van der Waals surface area contributed by atoms with Crippen molar-refractivity contribution < 1.29 is 17.6 Å². The van der Waals surface area contributed by atoms with Crippen LogP contribution in [0.2, 0.25) is 0 Å². The molecule has 1 fully saturated rings. The lowest BCUT2D eigenvalue weighted by Crippen LogP contribution is -2.37. The van der Waals surface area contributed by atoms with E-state index in [9.17, 15) is 13.2 Å². The van der Waals surface area contributed by atoms with Gasteiger partial charge in [0.15, 0.2) is 0 Å². The number of sulfone groups is 1. The Labute approximate surface area is 165 Å². The average Bonchev–Trinajstić information content (AvgIpc) is 3.17. The summed E-state index contributed by atoms with van der Waals surface area (Å²) in [5.74, 6) is -0.121. The highest BCUT2D eigenvalue weighted by Crippen LogP contribution is 2.27. The maximum Gasteiger partial charge on any atom is 0.335 e. The molecule has 7 nitrogen and oxygen atoms in total. The Morgan fingerprint density at radius 3 is 2.46 bits per heavy atom. The van der Waals surface area contributed by atoms with Crippen LogP contribution in [0.3, 0.4) is 0 Å². The molecule has 0 unspecified atom stereocenters. The van der Waals surface area contributed by atoms with Crippen LogP contribution in [0.4, 0.5) is 0 Å². The van der Waals surface area contributed by atoms with E-state index in [-0.39, 0.29) is 29.4 Å². The minimum absolute atomic E-state index is 0.000736. The lowest BCUT2D eigenvalue weighted by atomic mass is 9.88. The zero-order chi connectivity index (χ0) is 20.1. The normalized spacial score (nSPS) is 16.8. The first kappa shape index (κ1) is 20.5. The van der Waals surface area contributed by atoms with E-state index in [1.165, 1.54) is 6.42 Å². The smallest absolute Gasteiger partial charge is 0.335 e. The maximum absolute atomic E-state index is 12.6. The van der Waals surface area contributed by atoms with Crippen molar-refractivity contribution in [3.05, 3.63) is 41.8 Å². The molecule has 1 aliphatic carbocycles. The number of aromatic nitrogens is 2. The van der Waals surface area contributed by atoms with Gasteiger partial charge in [-0.1, -0.05) is 68.5 Å². The fourth-order valence-corrected chi connectivity index (χ4v) is 4.61. The van der Waals surface area contributed by atoms with Crippen LogP contribution in [0.25, 0.3) is 0 Å². The summed E-state index contributed by atoms with van der Waals surface area (Å²) >= 11 is 0. The zero-order valence-electron chi connectivity index (χ0n) is 16.3. The van der Waals surface area contributed by atoms with Crippen LogP contribution in [-0.2, 0) is 20.4 Å². The Hall–Kier alpha value is -2.22. The number of nitrogens with one attached hydrogen (secondary N) is 1. The van der Waals surface area contributed by atoms with Crippen molar-refractivity contribution in [2.45, 2.75) is 63.0 Å². The van der Waals surface area contributed by atoms with Crippen molar-refractivity contribution in [3.63, 3.8) is 0 Å². The summed E-state index contributed by atoms with van der Waals surface area (Å²) in [6, 6.07) is 8.33. The summed E-state index contributed by atoms with van der Waals surface area (Å²) in [7, 11) is -3.75. The molecule has 1 aromatic carbocycles. The second-order valence-corrected chi connectivity index (χ2v) is 9.58. The standard InChI is InChI=1S/C20H27N3O4S/c1-14(2)17(21-18(24)16-11-7-4-8-12-16)19-22-23-20(27-19)28(25,26)13-15-9-5-3-6-10-15/h3,5-6,9-10,14,16-17H,4,7-8,11-13H2,1-2H3,(H,21,24)/t17-/m0/s1. The van der Waals surface area contributed by atoms with Crippen molar-refractivity contribution in [2.75, 3.05) is 0 Å². The van der Waals surface area contributed by atoms with E-state index < -0.39 is 21.1 Å². The largest absolute Gasteiger partial charge is 0.410 e. The minimum atomic E-state index is -3.75. The van der Waals surface area contributed by atoms with Gasteiger partial charge in [0.1, 0.15) is 6.04 Å². The highest BCUT2D eigenvalue weighted by Gasteiger charge is 2.31. The van der Waals surface area contributed by atoms with Gasteiger partial charge in [-0.3, -0.25) is 4.79 Å². The maximum atomic E-state index is 12.6. The Bertz CT molecular complexity index is 887. The van der Waals surface area contributed by atoms with Gasteiger partial charge in [0.25, 0.3) is 0 Å². The molecular weight excluding hydrogens is 378 g/mol. The molecular formula is C20H27N3O4S. The number of hydrogen-bond donors (Lipinski definition) is 1. The van der Waals surface area contributed by atoms with Gasteiger partial charge in [-0.25, -0.2) is 8.42 Å². The molecule has 1 saturated carbocycles. The van der Waals surface area contributed by atoms with Crippen molar-refractivity contribution in [2.24, 2.45) is 11.8 Å². The van der Waals surface area contributed by atoms with Gasteiger partial charge in [0.2, 0.25) is 21.6 Å². The van der Waals surface area contributed by atoms with Crippen LogP contribution in [-0.4, -0.2) is 24.5 Å². The van der Waals surface area contributed by atoms with Gasteiger partial charge in [-0.05, 0) is 24.3 Å². The first-order valence-electron chi connectivity index (χ1n) is 9.77. The summed E-state index contributed by atoms with van der Waals surface area (Å²) in [5, 5.41) is 10.3. The Kier molecular flexibility index (Phi) is 6.49. The molecule has 1 atom stereocenters. The predicted octanol–water partition coefficient (Wildman–Crippen LogP) is 3.44. The van der Waals surface area contributed by atoms with Crippen LogP contribution in [0, 0.1) is 11.8 Å². The number of benzene rings is 1. The van der Waals surface area contributed by atoms with Crippen molar-refractivity contribution >= 4 is 15.7 Å². The van der Waals surface area contributed by atoms with E-state index in [2.05, 4.69) is 15.5 Å². The van der Waals surface area contributed by atoms with Crippen LogP contribution < -0.4 is 5.32 Å². The monoisotopic (exact) mass is 405 g/mol. The molecule has 28 heavy (non-hydrogen) atoms. The van der Waals surface area contributed by atoms with E-state index in [4.69, 9.17) is 4.42 Å². The number of amides is 1. The third kappa shape index (κ3) is 4.98. The van der Waals surface area contributed by atoms with E-state index in [0.717, 1.165) is 25.7 Å². The molecule has 2 aromatic rings. The molecule has 1 N–H and O–H groups in total. The fraction of sp³-hybridized carbons (Fsp3) is 0.550. The molecule has 1 amide bonds. The van der Waals surface area contributed by atoms with Crippen molar-refractivity contribution in [1.82, 2.24) is 15.5 Å². The molecule has 8 heteroatoms. The molecule has 1 heterocycles. The lowest BCUT2D eigenvalue weighted by Gasteiger charge is -2.25. The van der Waals surface area contributed by atoms with Crippen molar-refractivity contribution in [1.29, 1.82) is 0 Å². The predicted molar refractivity (Wildman–Crippen MR) is 104 cm³/mol. The van der Waals surface area contributed by atoms with Gasteiger partial charge in [-0.15, -0.1) is 5.10 Å². The summed E-state index contributed by atoms with van der Waals surface area (Å²) in [6.45, 7) is 3.85. The molecule has 152 valence electrons. The number of carbonyl (C=O) groups is 1. The molecule has 3 rings (SSSR count). The number of rotatable bonds is 7. The Morgan fingerprint density at radius 2 is 1.82 bits per heavy atom. The number of carbonyl (C=O) groups excluding carboxylic acids is 1. The van der Waals surface area contributed by atoms with Gasteiger partial charge in [0, 0.05) is 5.92 Å². The molecule has 0 spiro atoms. The zero-order valence-corrected chi connectivity index (χ0v) is 17.1. The summed E-state index contributed by atoms with van der Waals surface area (Å²) in [5.41, 5.74) is 0.647. The molecule has 0 radical (unpaired) electrons. The first-order chi connectivity index (χ1) is 13.4. The third-order valence-electron chi connectivity index (χ3n) is 5.09. The molecule has 1 aliphatic rings. The molecule has 0 aliphatic heterocycles. The Balaban J connectivity index is 1.74. The third-order valence-corrected chi connectivity index (χ3v) is 6.50. The van der Waals surface area contributed by atoms with E-state index in [1.807, 2.05) is 19.9 Å². The SMILES string of the molecule is CC(C)[C@H](NC(=O)C1CCCCC1)c1nnc(S(=O)(=O)Cc2ccccc2)o1. The first-order valence-corrected chi connectivity index (χ1v) is 11.4. The Morgan fingerprint density at radius 1 is 1.14 bits per heavy atom. The van der Waals surface area contributed by atoms with Crippen LogP contribution in [0.15, 0.2) is 40.0 Å². The summed E-state index contributed by atoms with van der Waals surface area (Å²) in [6.07, 6.45) is 5.07. The topological polar surface area (TPSA) is 102 Å². The van der Waals surface area contributed by atoms with E-state index in [1.54, 1.807) is 24.3 Å². The fourth-order valence-electron chi connectivity index (χ4n) is 3.48. The molecule has 1 aromatic heterocycles. The number of nitrogens with zero attached hydrogens (tertiary/aromatic N) is 2.